The van der Waals surface area contributed by atoms with Crippen LogP contribution in [-0.2, 0) is 13.0 Å². The van der Waals surface area contributed by atoms with Gasteiger partial charge in [0.05, 0.1) is 6.54 Å². The Morgan fingerprint density at radius 2 is 2.17 bits per heavy atom. The molecule has 0 saturated carbocycles. The first kappa shape index (κ1) is 16.6. The van der Waals surface area contributed by atoms with E-state index in [0.717, 1.165) is 37.9 Å². The second-order valence-electron chi connectivity index (χ2n) is 6.28. The molecule has 7 heteroatoms. The number of rotatable bonds is 6. The summed E-state index contributed by atoms with van der Waals surface area (Å²) >= 11 is 0. The number of amides is 1. The zero-order chi connectivity index (χ0) is 16.9. The first-order valence-electron chi connectivity index (χ1n) is 8.19. The number of hydrogen-bond acceptors (Lipinski definition) is 5. The number of aryl methyl sites for hydroxylation is 1. The van der Waals surface area contributed by atoms with E-state index in [4.69, 9.17) is 10.3 Å². The van der Waals surface area contributed by atoms with Gasteiger partial charge in [-0.25, -0.2) is 4.39 Å². The van der Waals surface area contributed by atoms with Crippen molar-refractivity contribution in [2.75, 3.05) is 13.1 Å². The second kappa shape index (κ2) is 7.53. The summed E-state index contributed by atoms with van der Waals surface area (Å²) in [4.78, 5) is 17.3. The van der Waals surface area contributed by atoms with Crippen LogP contribution in [0.5, 0.6) is 0 Å². The molecule has 1 atom stereocenters. The summed E-state index contributed by atoms with van der Waals surface area (Å²) < 4.78 is 18.0. The maximum atomic E-state index is 12.9. The molecule has 1 aromatic carbocycles. The Hall–Kier alpha value is -2.28. The van der Waals surface area contributed by atoms with Crippen molar-refractivity contribution in [2.24, 2.45) is 11.7 Å². The summed E-state index contributed by atoms with van der Waals surface area (Å²) in [6.45, 7) is 2.46. The highest BCUT2D eigenvalue weighted by Gasteiger charge is 2.22. The van der Waals surface area contributed by atoms with Crippen molar-refractivity contribution in [3.05, 3.63) is 47.4 Å². The SMILES string of the molecule is NC(=O)c1noc(CN2CCCC(CCc3ccc(F)cc3)C2)n1. The number of benzene rings is 1. The molecule has 6 nitrogen and oxygen atoms in total. The molecule has 24 heavy (non-hydrogen) atoms. The molecular formula is C17H21FN4O2. The minimum Gasteiger partial charge on any atom is -0.363 e. The van der Waals surface area contributed by atoms with Gasteiger partial charge in [0.15, 0.2) is 0 Å². The Morgan fingerprint density at radius 1 is 1.38 bits per heavy atom. The topological polar surface area (TPSA) is 85.2 Å². The molecule has 1 fully saturated rings. The van der Waals surface area contributed by atoms with E-state index < -0.39 is 5.91 Å². The van der Waals surface area contributed by atoms with Gasteiger partial charge in [-0.2, -0.15) is 4.98 Å². The molecule has 0 radical (unpaired) electrons. The molecule has 1 aliphatic heterocycles. The van der Waals surface area contributed by atoms with Crippen molar-refractivity contribution in [3.63, 3.8) is 0 Å². The van der Waals surface area contributed by atoms with Gasteiger partial charge in [0, 0.05) is 6.54 Å². The van der Waals surface area contributed by atoms with E-state index in [1.165, 1.54) is 18.6 Å². The number of nitrogens with two attached hydrogens (primary N) is 1. The molecule has 128 valence electrons. The Labute approximate surface area is 139 Å². The van der Waals surface area contributed by atoms with Crippen LogP contribution in [0.1, 0.15) is 41.3 Å². The molecule has 3 rings (SSSR count). The molecule has 1 unspecified atom stereocenters. The van der Waals surface area contributed by atoms with E-state index in [1.807, 2.05) is 12.1 Å². The Kier molecular flexibility index (Phi) is 5.20. The maximum Gasteiger partial charge on any atom is 0.290 e. The molecule has 1 saturated heterocycles. The monoisotopic (exact) mass is 332 g/mol. The van der Waals surface area contributed by atoms with Crippen LogP contribution in [0.15, 0.2) is 28.8 Å². The first-order chi connectivity index (χ1) is 11.6. The molecular weight excluding hydrogens is 311 g/mol. The van der Waals surface area contributed by atoms with E-state index >= 15 is 0 Å². The van der Waals surface area contributed by atoms with Crippen molar-refractivity contribution < 1.29 is 13.7 Å². The zero-order valence-electron chi connectivity index (χ0n) is 13.4. The van der Waals surface area contributed by atoms with Gasteiger partial charge in [0.1, 0.15) is 5.82 Å². The Balaban J connectivity index is 1.50. The van der Waals surface area contributed by atoms with Crippen molar-refractivity contribution in [3.8, 4) is 0 Å². The highest BCUT2D eigenvalue weighted by Crippen LogP contribution is 2.22. The number of aromatic nitrogens is 2. The summed E-state index contributed by atoms with van der Waals surface area (Å²) in [7, 11) is 0. The van der Waals surface area contributed by atoms with Crippen LogP contribution in [0, 0.1) is 11.7 Å². The van der Waals surface area contributed by atoms with E-state index in [1.54, 1.807) is 0 Å². The minimum absolute atomic E-state index is 0.0742. The number of piperidine rings is 1. The highest BCUT2D eigenvalue weighted by atomic mass is 19.1. The van der Waals surface area contributed by atoms with Gasteiger partial charge >= 0.3 is 0 Å². The van der Waals surface area contributed by atoms with E-state index in [0.29, 0.717) is 18.4 Å². The fourth-order valence-corrected chi connectivity index (χ4v) is 3.16. The van der Waals surface area contributed by atoms with Gasteiger partial charge < -0.3 is 10.3 Å². The van der Waals surface area contributed by atoms with Gasteiger partial charge in [0.2, 0.25) is 5.89 Å². The van der Waals surface area contributed by atoms with Crippen LogP contribution in [0.25, 0.3) is 0 Å². The number of carbonyl (C=O) groups excluding carboxylic acids is 1. The van der Waals surface area contributed by atoms with Gasteiger partial charge in [-0.15, -0.1) is 0 Å². The lowest BCUT2D eigenvalue weighted by Crippen LogP contribution is -2.35. The molecule has 1 aromatic heterocycles. The van der Waals surface area contributed by atoms with E-state index in [2.05, 4.69) is 15.0 Å². The van der Waals surface area contributed by atoms with Crippen molar-refractivity contribution in [2.45, 2.75) is 32.2 Å². The Morgan fingerprint density at radius 3 is 2.88 bits per heavy atom. The van der Waals surface area contributed by atoms with Gasteiger partial charge in [-0.1, -0.05) is 17.3 Å². The summed E-state index contributed by atoms with van der Waals surface area (Å²) in [5.74, 6) is 0.0542. The maximum absolute atomic E-state index is 12.9. The molecule has 2 aromatic rings. The number of primary amides is 1. The first-order valence-corrected chi connectivity index (χ1v) is 8.19. The average molecular weight is 332 g/mol. The summed E-state index contributed by atoms with van der Waals surface area (Å²) in [5, 5.41) is 3.57. The summed E-state index contributed by atoms with van der Waals surface area (Å²) in [6, 6.07) is 6.71. The standard InChI is InChI=1S/C17H21FN4O2/c18-14-7-5-12(6-8-14)3-4-13-2-1-9-22(10-13)11-15-20-17(16(19)23)21-24-15/h5-8,13H,1-4,9-11H2,(H2,19,23). The fraction of sp³-hybridized carbons (Fsp3) is 0.471. The lowest BCUT2D eigenvalue weighted by molar-refractivity contribution is 0.0987. The van der Waals surface area contributed by atoms with Crippen LogP contribution in [0.2, 0.25) is 0 Å². The molecule has 0 aliphatic carbocycles. The predicted molar refractivity (Wildman–Crippen MR) is 85.5 cm³/mol. The second-order valence-corrected chi connectivity index (χ2v) is 6.28. The van der Waals surface area contributed by atoms with Crippen LogP contribution in [0.4, 0.5) is 4.39 Å². The molecule has 0 spiro atoms. The van der Waals surface area contributed by atoms with Crippen LogP contribution in [-0.4, -0.2) is 34.0 Å². The molecule has 2 N–H and O–H groups in total. The molecule has 1 amide bonds. The van der Waals surface area contributed by atoms with Gasteiger partial charge in [0.25, 0.3) is 11.7 Å². The number of likely N-dealkylation sites (tertiary alicyclic amines) is 1. The predicted octanol–water partition coefficient (Wildman–Crippen LogP) is 2.15. The summed E-state index contributed by atoms with van der Waals surface area (Å²) in [6.07, 6.45) is 4.32. The number of halogens is 1. The molecule has 2 heterocycles. The highest BCUT2D eigenvalue weighted by molar-refractivity contribution is 5.88. The van der Waals surface area contributed by atoms with Crippen LogP contribution in [0.3, 0.4) is 0 Å². The smallest absolute Gasteiger partial charge is 0.290 e. The lowest BCUT2D eigenvalue weighted by atomic mass is 9.91. The van der Waals surface area contributed by atoms with Crippen LogP contribution >= 0.6 is 0 Å². The molecule has 1 aliphatic rings. The van der Waals surface area contributed by atoms with Crippen molar-refractivity contribution in [1.29, 1.82) is 0 Å². The third kappa shape index (κ3) is 4.38. The van der Waals surface area contributed by atoms with Crippen molar-refractivity contribution in [1.82, 2.24) is 15.0 Å². The minimum atomic E-state index is -0.680. The van der Waals surface area contributed by atoms with Gasteiger partial charge in [-0.3, -0.25) is 9.69 Å². The normalized spacial score (nSPS) is 18.6. The van der Waals surface area contributed by atoms with Crippen LogP contribution < -0.4 is 5.73 Å². The number of carbonyl (C=O) groups is 1. The molecule has 0 bridgehead atoms. The third-order valence-electron chi connectivity index (χ3n) is 4.40. The van der Waals surface area contributed by atoms with E-state index in [-0.39, 0.29) is 11.6 Å². The number of hydrogen-bond donors (Lipinski definition) is 1. The fourth-order valence-electron chi connectivity index (χ4n) is 3.16. The third-order valence-corrected chi connectivity index (χ3v) is 4.40. The summed E-state index contributed by atoms with van der Waals surface area (Å²) in [5.41, 5.74) is 6.29. The van der Waals surface area contributed by atoms with E-state index in [9.17, 15) is 9.18 Å². The largest absolute Gasteiger partial charge is 0.363 e. The number of nitrogens with zero attached hydrogens (tertiary/aromatic N) is 3. The lowest BCUT2D eigenvalue weighted by Gasteiger charge is -2.31. The average Bonchev–Trinajstić information content (AvgIpc) is 3.03. The quantitative estimate of drug-likeness (QED) is 0.876. The van der Waals surface area contributed by atoms with Crippen molar-refractivity contribution >= 4 is 5.91 Å². The zero-order valence-corrected chi connectivity index (χ0v) is 13.4. The van der Waals surface area contributed by atoms with Gasteiger partial charge in [-0.05, 0) is 55.8 Å². The Bertz CT molecular complexity index is 686.